The van der Waals surface area contributed by atoms with Gasteiger partial charge in [0.2, 0.25) is 6.23 Å². The van der Waals surface area contributed by atoms with Crippen LogP contribution < -0.4 is 16.0 Å². The van der Waals surface area contributed by atoms with Crippen molar-refractivity contribution >= 4 is 11.8 Å². The van der Waals surface area contributed by atoms with Gasteiger partial charge >= 0.3 is 30.3 Å². The highest BCUT2D eigenvalue weighted by Crippen LogP contribution is 2.19. The van der Waals surface area contributed by atoms with E-state index < -0.39 is 49.7 Å². The fourth-order valence-electron chi connectivity index (χ4n) is 2.15. The van der Waals surface area contributed by atoms with Gasteiger partial charge in [-0.15, -0.1) is 0 Å². The van der Waals surface area contributed by atoms with Crippen molar-refractivity contribution in [3.05, 3.63) is 0 Å². The fourth-order valence-corrected chi connectivity index (χ4v) is 2.15. The number of hydrogen-bond acceptors (Lipinski definition) is 5. The molecular weight excluding hydrogens is 455 g/mol. The smallest absolute Gasteiger partial charge is 0.370 e. The fraction of sp³-hybridized carbons (Fsp3) is 0.867. The number of rotatable bonds is 13. The third-order valence-corrected chi connectivity index (χ3v) is 3.64. The quantitative estimate of drug-likeness (QED) is 0.182. The second-order valence-electron chi connectivity index (χ2n) is 6.25. The van der Waals surface area contributed by atoms with E-state index in [1.807, 2.05) is 0 Å². The molecule has 184 valence electrons. The van der Waals surface area contributed by atoms with Crippen molar-refractivity contribution in [1.29, 1.82) is 0 Å². The standard InChI is InChI=1S/C15H23F9N4O3/c16-13(17,18)10(29)26-6-1-4-25-5-2-8-28(12(31)15(22,23)24)9-3-7-27-11(30)14(19,20)21/h11,25,27,30H,1-9H2,(H,26,29). The first-order chi connectivity index (χ1) is 14.1. The van der Waals surface area contributed by atoms with Crippen molar-refractivity contribution in [3.8, 4) is 0 Å². The zero-order valence-electron chi connectivity index (χ0n) is 16.1. The van der Waals surface area contributed by atoms with Crippen LogP contribution in [0.3, 0.4) is 0 Å². The van der Waals surface area contributed by atoms with Crippen molar-refractivity contribution < 1.29 is 54.2 Å². The van der Waals surface area contributed by atoms with E-state index in [1.54, 1.807) is 10.6 Å². The van der Waals surface area contributed by atoms with Gasteiger partial charge in [0.25, 0.3) is 0 Å². The first kappa shape index (κ1) is 29.2. The summed E-state index contributed by atoms with van der Waals surface area (Å²) < 4.78 is 110. The lowest BCUT2D eigenvalue weighted by Gasteiger charge is -2.24. The average molecular weight is 478 g/mol. The minimum atomic E-state index is -5.18. The van der Waals surface area contributed by atoms with Crippen LogP contribution in [0.2, 0.25) is 0 Å². The molecule has 7 nitrogen and oxygen atoms in total. The van der Waals surface area contributed by atoms with Crippen LogP contribution in [-0.4, -0.2) is 85.8 Å². The maximum Gasteiger partial charge on any atom is 0.471 e. The molecule has 0 saturated heterocycles. The molecule has 0 radical (unpaired) electrons. The summed E-state index contributed by atoms with van der Waals surface area (Å²) in [6, 6.07) is 0. The summed E-state index contributed by atoms with van der Waals surface area (Å²) in [6.07, 6.45) is -18.1. The van der Waals surface area contributed by atoms with Gasteiger partial charge < -0.3 is 20.6 Å². The number of alkyl halides is 9. The van der Waals surface area contributed by atoms with Crippen LogP contribution >= 0.6 is 0 Å². The van der Waals surface area contributed by atoms with E-state index in [-0.39, 0.29) is 45.4 Å². The predicted octanol–water partition coefficient (Wildman–Crippen LogP) is 1.29. The van der Waals surface area contributed by atoms with Crippen molar-refractivity contribution in [1.82, 2.24) is 20.9 Å². The molecule has 0 aliphatic rings. The molecule has 4 N–H and O–H groups in total. The Bertz CT molecular complexity index is 553. The Labute approximate surface area is 171 Å². The maximum absolute atomic E-state index is 12.6. The summed E-state index contributed by atoms with van der Waals surface area (Å²) in [5, 5.41) is 14.7. The molecule has 31 heavy (non-hydrogen) atoms. The van der Waals surface area contributed by atoms with E-state index in [2.05, 4.69) is 5.32 Å². The van der Waals surface area contributed by atoms with E-state index in [1.165, 1.54) is 0 Å². The lowest BCUT2D eigenvalue weighted by molar-refractivity contribution is -0.213. The van der Waals surface area contributed by atoms with Crippen LogP contribution in [0.4, 0.5) is 39.5 Å². The molecule has 0 aliphatic carbocycles. The van der Waals surface area contributed by atoms with Gasteiger partial charge in [0.05, 0.1) is 0 Å². The summed E-state index contributed by atoms with van der Waals surface area (Å²) in [7, 11) is 0. The first-order valence-corrected chi connectivity index (χ1v) is 8.96. The van der Waals surface area contributed by atoms with E-state index in [4.69, 9.17) is 5.11 Å². The van der Waals surface area contributed by atoms with Crippen LogP contribution in [0.1, 0.15) is 19.3 Å². The SMILES string of the molecule is O=C(NCCCNCCCN(CCCNC(O)C(F)(F)F)C(=O)C(F)(F)F)C(F)(F)F. The lowest BCUT2D eigenvalue weighted by atomic mass is 10.3. The average Bonchev–Trinajstić information content (AvgIpc) is 2.62. The molecule has 1 atom stereocenters. The number of carbonyl (C=O) groups is 2. The minimum Gasteiger partial charge on any atom is -0.370 e. The highest BCUT2D eigenvalue weighted by atomic mass is 19.4. The molecule has 0 aromatic carbocycles. The zero-order chi connectivity index (χ0) is 24.3. The molecule has 0 fully saturated rings. The number of amides is 2. The van der Waals surface area contributed by atoms with Gasteiger partial charge in [-0.05, 0) is 38.9 Å². The molecule has 0 bridgehead atoms. The van der Waals surface area contributed by atoms with Crippen LogP contribution in [0.5, 0.6) is 0 Å². The predicted molar refractivity (Wildman–Crippen MR) is 88.5 cm³/mol. The number of carbonyl (C=O) groups excluding carboxylic acids is 2. The normalized spacial score (nSPS) is 13.7. The Hall–Kier alpha value is -1.81. The van der Waals surface area contributed by atoms with Crippen LogP contribution in [0.25, 0.3) is 0 Å². The molecule has 0 aliphatic heterocycles. The van der Waals surface area contributed by atoms with Gasteiger partial charge in [-0.1, -0.05) is 0 Å². The molecule has 0 rings (SSSR count). The van der Waals surface area contributed by atoms with Crippen molar-refractivity contribution in [3.63, 3.8) is 0 Å². The third kappa shape index (κ3) is 13.3. The van der Waals surface area contributed by atoms with Gasteiger partial charge in [0.1, 0.15) is 0 Å². The van der Waals surface area contributed by atoms with Crippen LogP contribution in [-0.2, 0) is 9.59 Å². The monoisotopic (exact) mass is 478 g/mol. The van der Waals surface area contributed by atoms with E-state index in [0.717, 1.165) is 0 Å². The molecule has 16 heteroatoms. The van der Waals surface area contributed by atoms with Crippen molar-refractivity contribution in [2.75, 3.05) is 39.3 Å². The second-order valence-corrected chi connectivity index (χ2v) is 6.25. The molecule has 1 unspecified atom stereocenters. The summed E-state index contributed by atoms with van der Waals surface area (Å²) in [5.41, 5.74) is 0. The second kappa shape index (κ2) is 12.9. The maximum atomic E-state index is 12.6. The molecule has 0 heterocycles. The molecule has 0 aromatic heterocycles. The molecule has 0 saturated carbocycles. The van der Waals surface area contributed by atoms with E-state index in [0.29, 0.717) is 4.90 Å². The van der Waals surface area contributed by atoms with Crippen molar-refractivity contribution in [2.24, 2.45) is 0 Å². The summed E-state index contributed by atoms with van der Waals surface area (Å²) in [5.74, 6) is -4.26. The number of nitrogens with zero attached hydrogens (tertiary/aromatic N) is 1. The largest absolute Gasteiger partial charge is 0.471 e. The topological polar surface area (TPSA) is 93.7 Å². The highest BCUT2D eigenvalue weighted by molar-refractivity contribution is 5.82. The Morgan fingerprint density at radius 3 is 1.77 bits per heavy atom. The van der Waals surface area contributed by atoms with Gasteiger partial charge in [-0.3, -0.25) is 14.9 Å². The van der Waals surface area contributed by atoms with Crippen molar-refractivity contribution in [2.45, 2.75) is 44.0 Å². The van der Waals surface area contributed by atoms with Gasteiger partial charge in [0, 0.05) is 19.6 Å². The number of aliphatic hydroxyl groups is 1. The number of halogens is 9. The Morgan fingerprint density at radius 2 is 1.29 bits per heavy atom. The highest BCUT2D eigenvalue weighted by Gasteiger charge is 2.42. The lowest BCUT2D eigenvalue weighted by Crippen LogP contribution is -2.45. The number of nitrogens with one attached hydrogen (secondary N) is 3. The van der Waals surface area contributed by atoms with Gasteiger partial charge in [-0.2, -0.15) is 39.5 Å². The Kier molecular flexibility index (Phi) is 12.1. The van der Waals surface area contributed by atoms with Gasteiger partial charge in [-0.25, -0.2) is 0 Å². The van der Waals surface area contributed by atoms with E-state index >= 15 is 0 Å². The molecule has 0 spiro atoms. The van der Waals surface area contributed by atoms with Crippen LogP contribution in [0, 0.1) is 0 Å². The van der Waals surface area contributed by atoms with Crippen LogP contribution in [0.15, 0.2) is 0 Å². The molecule has 0 aromatic rings. The summed E-state index contributed by atoms with van der Waals surface area (Å²) in [6.45, 7) is -1.42. The number of hydrogen-bond donors (Lipinski definition) is 4. The Balaban J connectivity index is 4.22. The summed E-state index contributed by atoms with van der Waals surface area (Å²) in [4.78, 5) is 22.4. The van der Waals surface area contributed by atoms with Gasteiger partial charge in [0.15, 0.2) is 0 Å². The number of aliphatic hydroxyl groups excluding tert-OH is 1. The first-order valence-electron chi connectivity index (χ1n) is 8.96. The summed E-state index contributed by atoms with van der Waals surface area (Å²) >= 11 is 0. The molecular formula is C15H23F9N4O3. The molecule has 2 amide bonds. The Morgan fingerprint density at radius 1 is 0.774 bits per heavy atom. The third-order valence-electron chi connectivity index (χ3n) is 3.64. The van der Waals surface area contributed by atoms with E-state index in [9.17, 15) is 49.1 Å². The minimum absolute atomic E-state index is 0.0231. The zero-order valence-corrected chi connectivity index (χ0v) is 16.1.